The molecule has 0 fully saturated rings. The molecular weight excluding hydrogens is 340 g/mol. The van der Waals surface area contributed by atoms with Crippen LogP contribution in [-0.2, 0) is 9.47 Å². The van der Waals surface area contributed by atoms with Gasteiger partial charge in [-0.2, -0.15) is 0 Å². The van der Waals surface area contributed by atoms with E-state index in [1.54, 1.807) is 14.2 Å². The fourth-order valence-electron chi connectivity index (χ4n) is 1.17. The molecule has 0 radical (unpaired) electrons. The highest BCUT2D eigenvalue weighted by atomic mass is 79.9. The summed E-state index contributed by atoms with van der Waals surface area (Å²) in [6, 6.07) is 5.79. The van der Waals surface area contributed by atoms with Gasteiger partial charge in [-0.15, -0.1) is 0 Å². The Labute approximate surface area is 112 Å². The van der Waals surface area contributed by atoms with Crippen molar-refractivity contribution in [2.75, 3.05) is 27.4 Å². The first-order chi connectivity index (χ1) is 7.69. The van der Waals surface area contributed by atoms with Gasteiger partial charge in [-0.05, 0) is 44.0 Å². The number of methoxy groups -OCH3 is 2. The lowest BCUT2D eigenvalue weighted by molar-refractivity contribution is 0.000576. The molecule has 1 rings (SSSR count). The normalized spacial score (nSPS) is 12.5. The molecule has 0 bridgehead atoms. The van der Waals surface area contributed by atoms with Gasteiger partial charge in [0.25, 0.3) is 0 Å². The van der Waals surface area contributed by atoms with Crippen molar-refractivity contribution < 1.29 is 14.2 Å². The molecule has 0 amide bonds. The quantitative estimate of drug-likeness (QED) is 0.785. The van der Waals surface area contributed by atoms with E-state index in [1.165, 1.54) is 0 Å². The first-order valence-corrected chi connectivity index (χ1v) is 6.36. The Hall–Kier alpha value is -0.100. The Morgan fingerprint density at radius 1 is 1.12 bits per heavy atom. The summed E-state index contributed by atoms with van der Waals surface area (Å²) in [7, 11) is 3.28. The van der Waals surface area contributed by atoms with Gasteiger partial charge in [-0.25, -0.2) is 0 Å². The summed E-state index contributed by atoms with van der Waals surface area (Å²) in [6.07, 6.45) is -0.0657. The molecule has 1 atom stereocenters. The Bertz CT molecular complexity index is 311. The molecule has 5 heteroatoms. The second-order valence-corrected chi connectivity index (χ2v) is 4.88. The molecule has 0 aliphatic heterocycles. The van der Waals surface area contributed by atoms with Crippen LogP contribution in [0.25, 0.3) is 0 Å². The molecule has 0 N–H and O–H groups in total. The van der Waals surface area contributed by atoms with Gasteiger partial charge in [-0.3, -0.25) is 0 Å². The monoisotopic (exact) mass is 352 g/mol. The number of hydrogen-bond donors (Lipinski definition) is 0. The van der Waals surface area contributed by atoms with Crippen molar-refractivity contribution in [2.45, 2.75) is 6.10 Å². The lowest BCUT2D eigenvalue weighted by Gasteiger charge is -2.16. The molecule has 90 valence electrons. The molecule has 0 saturated heterocycles. The lowest BCUT2D eigenvalue weighted by Crippen LogP contribution is -2.25. The van der Waals surface area contributed by atoms with Crippen LogP contribution in [-0.4, -0.2) is 33.5 Å². The molecule has 0 aromatic heterocycles. The van der Waals surface area contributed by atoms with Crippen LogP contribution in [0.5, 0.6) is 5.75 Å². The minimum atomic E-state index is -0.0657. The van der Waals surface area contributed by atoms with E-state index in [1.807, 2.05) is 18.2 Å². The van der Waals surface area contributed by atoms with Gasteiger partial charge in [0.1, 0.15) is 18.5 Å². The van der Waals surface area contributed by atoms with Crippen LogP contribution >= 0.6 is 31.9 Å². The summed E-state index contributed by atoms with van der Waals surface area (Å²) in [6.45, 7) is 0.962. The minimum Gasteiger partial charge on any atom is -0.488 e. The number of rotatable bonds is 6. The van der Waals surface area contributed by atoms with E-state index < -0.39 is 0 Å². The van der Waals surface area contributed by atoms with Crippen LogP contribution in [0.1, 0.15) is 0 Å². The molecule has 16 heavy (non-hydrogen) atoms. The molecular formula is C11H14Br2O3. The van der Waals surface area contributed by atoms with E-state index in [-0.39, 0.29) is 6.10 Å². The fourth-order valence-corrected chi connectivity index (χ4v) is 2.39. The summed E-state index contributed by atoms with van der Waals surface area (Å²) < 4.78 is 17.7. The number of ether oxygens (including phenoxy) is 3. The summed E-state index contributed by atoms with van der Waals surface area (Å²) in [5.41, 5.74) is 0. The van der Waals surface area contributed by atoms with Gasteiger partial charge in [0.05, 0.1) is 15.6 Å². The third-order valence-corrected chi connectivity index (χ3v) is 3.27. The van der Waals surface area contributed by atoms with Crippen molar-refractivity contribution in [1.29, 1.82) is 0 Å². The average Bonchev–Trinajstić information content (AvgIpc) is 2.27. The van der Waals surface area contributed by atoms with Crippen LogP contribution in [0, 0.1) is 0 Å². The molecule has 1 aromatic rings. The smallest absolute Gasteiger partial charge is 0.147 e. The molecule has 0 aliphatic rings. The van der Waals surface area contributed by atoms with Gasteiger partial charge in [0.2, 0.25) is 0 Å². The molecule has 0 spiro atoms. The third-order valence-electron chi connectivity index (χ3n) is 2.02. The maximum absolute atomic E-state index is 5.67. The van der Waals surface area contributed by atoms with Gasteiger partial charge < -0.3 is 14.2 Å². The van der Waals surface area contributed by atoms with Gasteiger partial charge in [0, 0.05) is 14.2 Å². The van der Waals surface area contributed by atoms with Crippen molar-refractivity contribution in [3.05, 3.63) is 27.1 Å². The number of halogens is 2. The zero-order chi connectivity index (χ0) is 12.0. The molecule has 3 nitrogen and oxygen atoms in total. The van der Waals surface area contributed by atoms with E-state index in [0.29, 0.717) is 13.2 Å². The maximum Gasteiger partial charge on any atom is 0.147 e. The molecule has 1 unspecified atom stereocenters. The lowest BCUT2D eigenvalue weighted by atomic mass is 10.3. The van der Waals surface area contributed by atoms with Crippen molar-refractivity contribution in [3.63, 3.8) is 0 Å². The first kappa shape index (κ1) is 14.0. The van der Waals surface area contributed by atoms with E-state index in [9.17, 15) is 0 Å². The van der Waals surface area contributed by atoms with Crippen LogP contribution in [0.4, 0.5) is 0 Å². The molecule has 0 aliphatic carbocycles. The van der Waals surface area contributed by atoms with Crippen molar-refractivity contribution in [1.82, 2.24) is 0 Å². The Morgan fingerprint density at radius 3 is 2.25 bits per heavy atom. The minimum absolute atomic E-state index is 0.0657. The average molecular weight is 354 g/mol. The van der Waals surface area contributed by atoms with Crippen LogP contribution in [0.2, 0.25) is 0 Å². The molecule has 0 heterocycles. The van der Waals surface area contributed by atoms with Gasteiger partial charge >= 0.3 is 0 Å². The summed E-state index contributed by atoms with van der Waals surface area (Å²) in [4.78, 5) is 0. The first-order valence-electron chi connectivity index (χ1n) is 4.77. The summed E-state index contributed by atoms with van der Waals surface area (Å²) in [5, 5.41) is 0. The van der Waals surface area contributed by atoms with E-state index in [2.05, 4.69) is 31.9 Å². The Kier molecular flexibility index (Phi) is 6.34. The van der Waals surface area contributed by atoms with Crippen molar-refractivity contribution >= 4 is 31.9 Å². The molecule has 0 saturated carbocycles. The third kappa shape index (κ3) is 4.05. The van der Waals surface area contributed by atoms with Crippen molar-refractivity contribution in [2.24, 2.45) is 0 Å². The second kappa shape index (κ2) is 7.27. The van der Waals surface area contributed by atoms with E-state index >= 15 is 0 Å². The maximum atomic E-state index is 5.67. The predicted octanol–water partition coefficient (Wildman–Crippen LogP) is 3.25. The zero-order valence-electron chi connectivity index (χ0n) is 9.20. The van der Waals surface area contributed by atoms with E-state index in [0.717, 1.165) is 14.7 Å². The van der Waals surface area contributed by atoms with Crippen LogP contribution in [0.3, 0.4) is 0 Å². The van der Waals surface area contributed by atoms with E-state index in [4.69, 9.17) is 14.2 Å². The van der Waals surface area contributed by atoms with Crippen LogP contribution < -0.4 is 4.74 Å². The standard InChI is InChI=1S/C11H14Br2O3/c1-14-6-8(15-2)7-16-11-9(12)4-3-5-10(11)13/h3-5,8H,6-7H2,1-2H3. The summed E-state index contributed by atoms with van der Waals surface area (Å²) in [5.74, 6) is 0.778. The number of para-hydroxylation sites is 1. The predicted molar refractivity (Wildman–Crippen MR) is 70.0 cm³/mol. The highest BCUT2D eigenvalue weighted by molar-refractivity contribution is 9.11. The Balaban J connectivity index is 2.59. The van der Waals surface area contributed by atoms with Gasteiger partial charge in [0.15, 0.2) is 0 Å². The number of benzene rings is 1. The topological polar surface area (TPSA) is 27.7 Å². The van der Waals surface area contributed by atoms with Gasteiger partial charge in [-0.1, -0.05) is 6.07 Å². The SMILES string of the molecule is COCC(COc1c(Br)cccc1Br)OC. The van der Waals surface area contributed by atoms with Crippen LogP contribution in [0.15, 0.2) is 27.1 Å². The largest absolute Gasteiger partial charge is 0.488 e. The molecule has 1 aromatic carbocycles. The summed E-state index contributed by atoms with van der Waals surface area (Å²) >= 11 is 6.86. The highest BCUT2D eigenvalue weighted by Crippen LogP contribution is 2.33. The second-order valence-electron chi connectivity index (χ2n) is 3.17. The highest BCUT2D eigenvalue weighted by Gasteiger charge is 2.11. The Morgan fingerprint density at radius 2 is 1.75 bits per heavy atom. The number of hydrogen-bond acceptors (Lipinski definition) is 3. The van der Waals surface area contributed by atoms with Crippen molar-refractivity contribution in [3.8, 4) is 5.75 Å². The zero-order valence-corrected chi connectivity index (χ0v) is 12.4. The fraction of sp³-hybridized carbons (Fsp3) is 0.455.